The molecular formula is C26H27FN6O. The van der Waals surface area contributed by atoms with E-state index in [1.54, 1.807) is 11.5 Å². The van der Waals surface area contributed by atoms with Gasteiger partial charge in [0, 0.05) is 31.2 Å². The summed E-state index contributed by atoms with van der Waals surface area (Å²) in [6, 6.07) is 10.1. The zero-order valence-corrected chi connectivity index (χ0v) is 19.3. The van der Waals surface area contributed by atoms with E-state index in [0.717, 1.165) is 43.6 Å². The van der Waals surface area contributed by atoms with Crippen LogP contribution >= 0.6 is 0 Å². The second-order valence-electron chi connectivity index (χ2n) is 9.68. The molecule has 3 aromatic heterocycles. The van der Waals surface area contributed by atoms with E-state index in [1.165, 1.54) is 23.5 Å². The highest BCUT2D eigenvalue weighted by atomic mass is 19.1. The Kier molecular flexibility index (Phi) is 4.89. The molecule has 1 aliphatic heterocycles. The Morgan fingerprint density at radius 2 is 1.94 bits per heavy atom. The van der Waals surface area contributed by atoms with Gasteiger partial charge in [-0.25, -0.2) is 14.4 Å². The van der Waals surface area contributed by atoms with Crippen LogP contribution in [0.1, 0.15) is 42.1 Å². The molecule has 4 aromatic rings. The molecule has 0 radical (unpaired) electrons. The molecule has 4 heterocycles. The SMILES string of the molecule is CN1CCc2ccc(Nc3ncc4c(F)cn(-c5ccc6c(n5)C(C)(O)CCC6)c4n3)cc2C1. The second-order valence-corrected chi connectivity index (χ2v) is 9.68. The maximum Gasteiger partial charge on any atom is 0.229 e. The fraction of sp³-hybridized carbons (Fsp3) is 0.346. The minimum Gasteiger partial charge on any atom is -0.384 e. The van der Waals surface area contributed by atoms with Crippen molar-refractivity contribution in [2.24, 2.45) is 0 Å². The van der Waals surface area contributed by atoms with Gasteiger partial charge in [-0.15, -0.1) is 0 Å². The number of aryl methyl sites for hydroxylation is 1. The van der Waals surface area contributed by atoms with Gasteiger partial charge in [0.25, 0.3) is 0 Å². The Labute approximate surface area is 197 Å². The number of aromatic nitrogens is 4. The lowest BCUT2D eigenvalue weighted by Crippen LogP contribution is -2.28. The van der Waals surface area contributed by atoms with Crippen molar-refractivity contribution in [3.05, 3.63) is 70.9 Å². The molecule has 0 fully saturated rings. The first-order valence-corrected chi connectivity index (χ1v) is 11.7. The topological polar surface area (TPSA) is 79.1 Å². The van der Waals surface area contributed by atoms with Gasteiger partial charge in [-0.3, -0.25) is 4.57 Å². The zero-order valence-electron chi connectivity index (χ0n) is 19.3. The largest absolute Gasteiger partial charge is 0.384 e. The van der Waals surface area contributed by atoms with E-state index in [0.29, 0.717) is 34.9 Å². The van der Waals surface area contributed by atoms with Gasteiger partial charge in [0.05, 0.1) is 11.1 Å². The molecule has 0 saturated heterocycles. The normalized spacial score (nSPS) is 20.2. The number of benzene rings is 1. The summed E-state index contributed by atoms with van der Waals surface area (Å²) in [5.41, 5.74) is 4.68. The highest BCUT2D eigenvalue weighted by molar-refractivity contribution is 5.79. The van der Waals surface area contributed by atoms with Crippen LogP contribution in [-0.4, -0.2) is 43.1 Å². The summed E-state index contributed by atoms with van der Waals surface area (Å²) >= 11 is 0. The van der Waals surface area contributed by atoms with Gasteiger partial charge in [0.15, 0.2) is 11.5 Å². The molecule has 2 N–H and O–H groups in total. The van der Waals surface area contributed by atoms with Gasteiger partial charge in [0.2, 0.25) is 5.95 Å². The van der Waals surface area contributed by atoms with E-state index >= 15 is 0 Å². The number of nitrogens with zero attached hydrogens (tertiary/aromatic N) is 5. The first-order chi connectivity index (χ1) is 16.4. The van der Waals surface area contributed by atoms with Gasteiger partial charge in [-0.2, -0.15) is 4.98 Å². The van der Waals surface area contributed by atoms with Gasteiger partial charge in [-0.1, -0.05) is 12.1 Å². The third-order valence-corrected chi connectivity index (χ3v) is 6.99. The van der Waals surface area contributed by atoms with E-state index in [-0.39, 0.29) is 0 Å². The molecule has 8 heteroatoms. The maximum atomic E-state index is 14.8. The molecule has 1 atom stereocenters. The highest BCUT2D eigenvalue weighted by Crippen LogP contribution is 2.34. The van der Waals surface area contributed by atoms with Crippen molar-refractivity contribution in [2.75, 3.05) is 18.9 Å². The zero-order chi connectivity index (χ0) is 23.4. The van der Waals surface area contributed by atoms with E-state index in [1.807, 2.05) is 18.2 Å². The minimum atomic E-state index is -0.993. The molecule has 1 aromatic carbocycles. The average Bonchev–Trinajstić information content (AvgIpc) is 3.14. The Morgan fingerprint density at radius 3 is 2.82 bits per heavy atom. The van der Waals surface area contributed by atoms with Crippen molar-refractivity contribution in [3.63, 3.8) is 0 Å². The Bertz CT molecular complexity index is 1410. The molecule has 1 unspecified atom stereocenters. The molecule has 7 nitrogen and oxygen atoms in total. The average molecular weight is 459 g/mol. The molecular weight excluding hydrogens is 431 g/mol. The monoisotopic (exact) mass is 458 g/mol. The molecule has 6 rings (SSSR count). The smallest absolute Gasteiger partial charge is 0.229 e. The van der Waals surface area contributed by atoms with Crippen molar-refractivity contribution in [1.82, 2.24) is 24.4 Å². The van der Waals surface area contributed by atoms with Crippen LogP contribution in [0.2, 0.25) is 0 Å². The summed E-state index contributed by atoms with van der Waals surface area (Å²) in [5, 5.41) is 14.4. The highest BCUT2D eigenvalue weighted by Gasteiger charge is 2.31. The van der Waals surface area contributed by atoms with E-state index < -0.39 is 11.4 Å². The number of rotatable bonds is 3. The molecule has 0 bridgehead atoms. The van der Waals surface area contributed by atoms with Gasteiger partial charge in [-0.05, 0) is 74.5 Å². The van der Waals surface area contributed by atoms with Gasteiger partial charge < -0.3 is 15.3 Å². The molecule has 34 heavy (non-hydrogen) atoms. The third kappa shape index (κ3) is 3.63. The first kappa shape index (κ1) is 21.2. The lowest BCUT2D eigenvalue weighted by Gasteiger charge is -2.30. The van der Waals surface area contributed by atoms with Crippen molar-refractivity contribution >= 4 is 22.7 Å². The van der Waals surface area contributed by atoms with Crippen LogP contribution in [0.3, 0.4) is 0 Å². The van der Waals surface area contributed by atoms with E-state index in [2.05, 4.69) is 39.4 Å². The van der Waals surface area contributed by atoms with Crippen LogP contribution < -0.4 is 5.32 Å². The molecule has 0 amide bonds. The summed E-state index contributed by atoms with van der Waals surface area (Å²) in [7, 11) is 2.12. The first-order valence-electron chi connectivity index (χ1n) is 11.7. The standard InChI is InChI=1S/C26H27FN6O/c1-26(34)10-3-4-17-6-8-22(30-23(17)26)33-15-21(27)20-13-28-25(31-24(20)33)29-19-7-5-16-9-11-32(2)14-18(16)12-19/h5-8,12-13,15,34H,3-4,9-11,14H2,1-2H3,(H,28,29,31). The molecule has 174 valence electrons. The Balaban J connectivity index is 1.38. The Morgan fingerprint density at radius 1 is 1.09 bits per heavy atom. The van der Waals surface area contributed by atoms with Crippen molar-refractivity contribution in [3.8, 4) is 5.82 Å². The van der Waals surface area contributed by atoms with E-state index in [9.17, 15) is 9.50 Å². The van der Waals surface area contributed by atoms with Crippen molar-refractivity contribution in [2.45, 2.75) is 44.8 Å². The van der Waals surface area contributed by atoms with Crippen molar-refractivity contribution < 1.29 is 9.50 Å². The summed E-state index contributed by atoms with van der Waals surface area (Å²) in [6.07, 6.45) is 6.38. The number of pyridine rings is 1. The number of hydrogen-bond donors (Lipinski definition) is 2. The maximum absolute atomic E-state index is 14.8. The molecule has 1 aliphatic carbocycles. The Hall–Kier alpha value is -3.36. The van der Waals surface area contributed by atoms with Crippen LogP contribution in [0.25, 0.3) is 16.9 Å². The van der Waals surface area contributed by atoms with E-state index in [4.69, 9.17) is 4.98 Å². The molecule has 0 saturated carbocycles. The summed E-state index contributed by atoms with van der Waals surface area (Å²) < 4.78 is 16.4. The van der Waals surface area contributed by atoms with Gasteiger partial charge >= 0.3 is 0 Å². The van der Waals surface area contributed by atoms with Crippen molar-refractivity contribution in [1.29, 1.82) is 0 Å². The molecule has 2 aliphatic rings. The summed E-state index contributed by atoms with van der Waals surface area (Å²) in [4.78, 5) is 16.0. The lowest BCUT2D eigenvalue weighted by molar-refractivity contribution is 0.0339. The number of hydrogen-bond acceptors (Lipinski definition) is 6. The fourth-order valence-corrected chi connectivity index (χ4v) is 5.13. The minimum absolute atomic E-state index is 0.323. The van der Waals surface area contributed by atoms with Crippen LogP contribution in [0.4, 0.5) is 16.0 Å². The number of likely N-dealkylation sites (N-methyl/N-ethyl adjacent to an activating group) is 1. The van der Waals surface area contributed by atoms with Crippen LogP contribution in [0.15, 0.2) is 42.7 Å². The predicted octanol–water partition coefficient (Wildman–Crippen LogP) is 4.23. The summed E-state index contributed by atoms with van der Waals surface area (Å²) in [6.45, 7) is 3.76. The number of anilines is 2. The van der Waals surface area contributed by atoms with Crippen LogP contribution in [0, 0.1) is 5.82 Å². The van der Waals surface area contributed by atoms with Crippen LogP contribution in [0.5, 0.6) is 0 Å². The third-order valence-electron chi connectivity index (χ3n) is 6.99. The van der Waals surface area contributed by atoms with Crippen LogP contribution in [-0.2, 0) is 25.0 Å². The van der Waals surface area contributed by atoms with Gasteiger partial charge in [0.1, 0.15) is 11.4 Å². The predicted molar refractivity (Wildman–Crippen MR) is 129 cm³/mol. The lowest BCUT2D eigenvalue weighted by atomic mass is 9.84. The second kappa shape index (κ2) is 7.85. The number of fused-ring (bicyclic) bond motifs is 3. The summed E-state index contributed by atoms with van der Waals surface area (Å²) in [5.74, 6) is 0.502. The fourth-order valence-electron chi connectivity index (χ4n) is 5.13. The number of halogens is 1. The number of aliphatic hydroxyl groups is 1. The molecule has 0 spiro atoms. The number of nitrogens with one attached hydrogen (secondary N) is 1. The quantitative estimate of drug-likeness (QED) is 0.478.